The molecule has 1 amide bonds. The van der Waals surface area contributed by atoms with Gasteiger partial charge in [-0.25, -0.2) is 0 Å². The van der Waals surface area contributed by atoms with Crippen LogP contribution in [0.5, 0.6) is 0 Å². The van der Waals surface area contributed by atoms with Crippen LogP contribution < -0.4 is 5.32 Å². The average molecular weight is 806 g/mol. The first-order chi connectivity index (χ1) is 22.8. The van der Waals surface area contributed by atoms with Gasteiger partial charge in [-0.3, -0.25) is 4.79 Å². The summed E-state index contributed by atoms with van der Waals surface area (Å²) in [5, 5.41) is 14.4. The lowest BCUT2D eigenvalue weighted by atomic mass is 9.79. The molecule has 0 aliphatic carbocycles. The zero-order valence-corrected chi connectivity index (χ0v) is 32.9. The van der Waals surface area contributed by atoms with Gasteiger partial charge in [0.05, 0.1) is 38.1 Å². The van der Waals surface area contributed by atoms with Crippen molar-refractivity contribution in [2.75, 3.05) is 13.2 Å². The van der Waals surface area contributed by atoms with E-state index in [2.05, 4.69) is 53.3 Å². The lowest BCUT2D eigenvalue weighted by molar-refractivity contribution is -0.391. The maximum Gasteiger partial charge on any atom is 0.527 e. The van der Waals surface area contributed by atoms with Crippen LogP contribution in [0.3, 0.4) is 0 Å². The van der Waals surface area contributed by atoms with E-state index in [4.69, 9.17) is 41.7 Å². The maximum atomic E-state index is 12.4. The molecule has 6 unspecified atom stereocenters. The third-order valence-corrected chi connectivity index (χ3v) is 12.0. The Hall–Kier alpha value is -0.448. The average Bonchev–Trinajstić information content (AvgIpc) is 3.04. The summed E-state index contributed by atoms with van der Waals surface area (Å²) in [5.41, 5.74) is 1.11. The highest BCUT2D eigenvalue weighted by molar-refractivity contribution is 14.1. The first-order valence-electron chi connectivity index (χ1n) is 17.1. The lowest BCUT2D eigenvalue weighted by Crippen LogP contribution is -2.70. The fourth-order valence-corrected chi connectivity index (χ4v) is 8.49. The summed E-state index contributed by atoms with van der Waals surface area (Å²) in [6.07, 6.45) is -6.49. The van der Waals surface area contributed by atoms with E-state index >= 15 is 0 Å². The van der Waals surface area contributed by atoms with E-state index in [1.165, 1.54) is 6.92 Å². The second kappa shape index (κ2) is 16.9. The number of nitrogens with one attached hydrogen (secondary N) is 1. The molecule has 0 saturated carbocycles. The molecule has 0 bridgehead atoms. The van der Waals surface area contributed by atoms with E-state index in [1.54, 1.807) is 13.8 Å². The number of carbonyl (C=O) groups excluding carboxylic acids is 1. The van der Waals surface area contributed by atoms with Crippen LogP contribution >= 0.6 is 20.3 Å². The van der Waals surface area contributed by atoms with Gasteiger partial charge in [0, 0.05) is 18.8 Å². The minimum atomic E-state index is -1.12. The van der Waals surface area contributed by atoms with Crippen LogP contribution in [0.1, 0.15) is 61.0 Å². The second-order valence-electron chi connectivity index (χ2n) is 14.2. The Morgan fingerprint density at radius 3 is 2.35 bits per heavy atom. The number of fused-ring (bicyclic) bond motifs is 1. The summed E-state index contributed by atoms with van der Waals surface area (Å²) in [6, 6.07) is 9.17. The van der Waals surface area contributed by atoms with E-state index in [-0.39, 0.29) is 42.5 Å². The molecule has 0 aromatic heterocycles. The van der Waals surface area contributed by atoms with Crippen LogP contribution in [0.4, 0.5) is 0 Å². The second-order valence-corrected chi connectivity index (χ2v) is 16.6. The van der Waals surface area contributed by atoms with Gasteiger partial charge in [0.1, 0.15) is 30.5 Å². The molecule has 4 aliphatic heterocycles. The highest BCUT2D eigenvalue weighted by Crippen LogP contribution is 2.41. The van der Waals surface area contributed by atoms with Crippen LogP contribution in [0.2, 0.25) is 0 Å². The Morgan fingerprint density at radius 1 is 0.958 bits per heavy atom. The van der Waals surface area contributed by atoms with Crippen LogP contribution in [0, 0.1) is 23.7 Å². The molecule has 4 heterocycles. The van der Waals surface area contributed by atoms with Crippen molar-refractivity contribution in [1.29, 1.82) is 0 Å². The summed E-state index contributed by atoms with van der Waals surface area (Å²) in [5.74, 6) is -0.745. The van der Waals surface area contributed by atoms with Crippen molar-refractivity contribution in [2.24, 2.45) is 23.7 Å². The molecule has 12 nitrogen and oxygen atoms in total. The molecule has 4 aliphatic rings. The summed E-state index contributed by atoms with van der Waals surface area (Å²) in [4.78, 5) is 12.4. The standard InChI is InChI=1S/C34H52NO11.Al.HI.H/c1-17-18(2)24(15-39-14-23-12-10-9-11-13-23)42-32(19(17)3)44-28-20(4)21(5)41-31(38)30(28)45-33-26(35-22(6)36)27(37)29-25(43-33)16-40-34(7,8)46-29;;;/h9-13,17-21,24-33,37H,14-16H2,1-8H3,(H,35,36);;1H;/q-1;+2;;/p-1/t17?,18-,19?,20-,21?,24-,25?,26-,27?,28-,29+,30?,31+,32+,33-;;;/m0.../s1. The molecule has 2 N–H and O–H groups in total. The number of amides is 1. The molecular formula is C34H53AlINO11. The first-order valence-corrected chi connectivity index (χ1v) is 22.8. The molecule has 0 spiro atoms. The van der Waals surface area contributed by atoms with Crippen LogP contribution in [-0.2, 0) is 53.1 Å². The Bertz CT molecular complexity index is 1190. The van der Waals surface area contributed by atoms with Gasteiger partial charge in [0.2, 0.25) is 5.91 Å². The SMILES string of the molecule is CC(=O)N[C@H]1C(O)[C@@H]2OC(C)(C)OCC2O[C@H]1OC1[C@H]([O][AlH][I])OC(C)[C@H](C)[C@@H]1O[C@H]1O[C@@H](COCc2ccccc2)[C@@H](C)C(C)C1C. The van der Waals surface area contributed by atoms with Crippen molar-refractivity contribution in [3.05, 3.63) is 35.9 Å². The van der Waals surface area contributed by atoms with Gasteiger partial charge in [-0.05, 0) is 38.2 Å². The Labute approximate surface area is 302 Å². The number of aliphatic hydroxyl groups excluding tert-OH is 1. The van der Waals surface area contributed by atoms with Gasteiger partial charge in [-0.1, -0.05) is 58.0 Å². The lowest BCUT2D eigenvalue weighted by Gasteiger charge is -2.52. The number of carbonyl (C=O) groups is 1. The van der Waals surface area contributed by atoms with Gasteiger partial charge in [0.25, 0.3) is 0 Å². The van der Waals surface area contributed by atoms with E-state index in [0.717, 1.165) is 5.56 Å². The number of halogens is 1. The van der Waals surface area contributed by atoms with Gasteiger partial charge in [-0.2, -0.15) is 20.3 Å². The molecule has 4 fully saturated rings. The molecular weight excluding hydrogens is 752 g/mol. The van der Waals surface area contributed by atoms with Gasteiger partial charge in [0.15, 0.2) is 24.7 Å². The summed E-state index contributed by atoms with van der Waals surface area (Å²) >= 11 is 1.29. The van der Waals surface area contributed by atoms with Crippen molar-refractivity contribution in [3.8, 4) is 0 Å². The highest BCUT2D eigenvalue weighted by atomic mass is 127. The van der Waals surface area contributed by atoms with Crippen LogP contribution in [0.25, 0.3) is 0 Å². The van der Waals surface area contributed by atoms with E-state index in [9.17, 15) is 9.90 Å². The quantitative estimate of drug-likeness (QED) is 0.252. The van der Waals surface area contributed by atoms with E-state index in [0.29, 0.717) is 19.1 Å². The first kappa shape index (κ1) is 38.8. The topological polar surface area (TPSA) is 132 Å². The van der Waals surface area contributed by atoms with Crippen molar-refractivity contribution < 1.29 is 51.6 Å². The fourth-order valence-electron chi connectivity index (χ4n) is 7.03. The molecule has 0 radical (unpaired) electrons. The highest BCUT2D eigenvalue weighted by Gasteiger charge is 2.55. The molecule has 5 rings (SSSR count). The Balaban J connectivity index is 1.36. The third-order valence-electron chi connectivity index (χ3n) is 10.4. The van der Waals surface area contributed by atoms with Crippen molar-refractivity contribution >= 4 is 38.5 Å². The third kappa shape index (κ3) is 9.12. The van der Waals surface area contributed by atoms with Crippen molar-refractivity contribution in [3.63, 3.8) is 0 Å². The number of aliphatic hydroxyl groups is 1. The molecule has 1 aromatic rings. The molecule has 1 aromatic carbocycles. The molecule has 15 atom stereocenters. The summed E-state index contributed by atoms with van der Waals surface area (Å²) in [6.45, 7) is 16.7. The number of hydrogen-bond donors (Lipinski definition) is 2. The number of rotatable bonds is 11. The van der Waals surface area contributed by atoms with Gasteiger partial charge in [-0.15, -0.1) is 0 Å². The Kier molecular flexibility index (Phi) is 13.7. The van der Waals surface area contributed by atoms with E-state index in [1.807, 2.05) is 37.3 Å². The number of ether oxygens (including phenoxy) is 8. The fraction of sp³-hybridized carbons (Fsp3) is 0.794. The molecule has 270 valence electrons. The smallest absolute Gasteiger partial charge is 0.470 e. The number of benzene rings is 1. The maximum absolute atomic E-state index is 12.4. The zero-order valence-electron chi connectivity index (χ0n) is 29.3. The van der Waals surface area contributed by atoms with Gasteiger partial charge >= 0.3 is 12.3 Å². The van der Waals surface area contributed by atoms with Crippen molar-refractivity contribution in [2.45, 2.75) is 135 Å². The predicted octanol–water partition coefficient (Wildman–Crippen LogP) is 3.45. The molecule has 48 heavy (non-hydrogen) atoms. The number of hydrogen-bond acceptors (Lipinski definition) is 11. The minimum Gasteiger partial charge on any atom is -0.470 e. The monoisotopic (exact) mass is 805 g/mol. The minimum absolute atomic E-state index is 0.0789. The zero-order chi connectivity index (χ0) is 34.7. The van der Waals surface area contributed by atoms with E-state index < -0.39 is 73.5 Å². The summed E-state index contributed by atoms with van der Waals surface area (Å²) in [7, 11) is 0. The Morgan fingerprint density at radius 2 is 1.67 bits per heavy atom. The van der Waals surface area contributed by atoms with Crippen molar-refractivity contribution in [1.82, 2.24) is 5.32 Å². The van der Waals surface area contributed by atoms with Gasteiger partial charge < -0.3 is 52.1 Å². The summed E-state index contributed by atoms with van der Waals surface area (Å²) < 4.78 is 57.4. The van der Waals surface area contributed by atoms with Crippen LogP contribution in [0.15, 0.2) is 30.3 Å². The normalized spacial score (nSPS) is 42.8. The van der Waals surface area contributed by atoms with Crippen LogP contribution in [-0.4, -0.2) is 110 Å². The molecule has 14 heteroatoms. The molecule has 4 saturated heterocycles. The predicted molar refractivity (Wildman–Crippen MR) is 185 cm³/mol. The largest absolute Gasteiger partial charge is 0.527 e.